The summed E-state index contributed by atoms with van der Waals surface area (Å²) in [5.74, 6) is -5.81. The normalized spacial score (nSPS) is 17.1. The molecule has 3 aliphatic heterocycles. The zero-order valence-electron chi connectivity index (χ0n) is 56.5. The Morgan fingerprint density at radius 2 is 0.670 bits per heavy atom. The Morgan fingerprint density at radius 3 is 0.950 bits per heavy atom. The molecule has 34 heteroatoms. The highest BCUT2D eigenvalue weighted by atomic mass is 35.5. The molecular formula is C66H94ClN9O24. The molecule has 3 aromatic rings. The van der Waals surface area contributed by atoms with Gasteiger partial charge in [-0.3, -0.25) is 44.7 Å². The van der Waals surface area contributed by atoms with Crippen LogP contribution in [-0.4, -0.2) is 212 Å². The molecule has 9 atom stereocenters. The summed E-state index contributed by atoms with van der Waals surface area (Å²) in [6.07, 6.45) is 8.46. The number of aryl methyl sites for hydroxylation is 3. The molecule has 554 valence electrons. The van der Waals surface area contributed by atoms with Gasteiger partial charge in [-0.1, -0.05) is 91.0 Å². The van der Waals surface area contributed by atoms with E-state index < -0.39 is 105 Å². The van der Waals surface area contributed by atoms with E-state index in [1.165, 1.54) is 14.7 Å². The first kappa shape index (κ1) is 84.9. The van der Waals surface area contributed by atoms with E-state index in [0.29, 0.717) is 129 Å². The van der Waals surface area contributed by atoms with Gasteiger partial charge >= 0.3 is 35.8 Å². The molecule has 0 radical (unpaired) electrons. The van der Waals surface area contributed by atoms with E-state index >= 15 is 0 Å². The molecule has 9 unspecified atom stereocenters. The molecule has 3 fully saturated rings. The summed E-state index contributed by atoms with van der Waals surface area (Å²) < 4.78 is 15.9. The van der Waals surface area contributed by atoms with Gasteiger partial charge in [-0.15, -0.1) is 42.7 Å². The van der Waals surface area contributed by atoms with Gasteiger partial charge in [-0.2, -0.15) is 0 Å². The second-order valence-corrected chi connectivity index (χ2v) is 23.8. The number of hydrogen-bond donors (Lipinski definition) is 6. The van der Waals surface area contributed by atoms with Crippen molar-refractivity contribution in [3.63, 3.8) is 0 Å². The third-order valence-corrected chi connectivity index (χ3v) is 16.4. The van der Waals surface area contributed by atoms with Crippen LogP contribution in [-0.2, 0) is 91.1 Å². The van der Waals surface area contributed by atoms with E-state index in [1.54, 1.807) is 20.8 Å². The van der Waals surface area contributed by atoms with Crippen LogP contribution in [0.3, 0.4) is 0 Å². The number of unbranched alkanes of at least 4 members (excludes halogenated alkanes) is 3. The largest absolute Gasteiger partial charge is 0.480 e. The molecule has 6 N–H and O–H groups in total. The number of benzene rings is 3. The second-order valence-electron chi connectivity index (χ2n) is 23.8. The number of nitrogens with zero attached hydrogens (tertiary/aromatic N) is 6. The Bertz CT molecular complexity index is 3060. The van der Waals surface area contributed by atoms with E-state index in [4.69, 9.17) is 14.2 Å². The average Bonchev–Trinajstić information content (AvgIpc) is 1.73. The molecule has 3 aromatic carbocycles. The van der Waals surface area contributed by atoms with Gasteiger partial charge in [0, 0.05) is 26.1 Å². The fraction of sp³-hybridized carbons (Fsp3) is 0.591. The number of aliphatic carboxylic acids is 3. The molecule has 3 saturated heterocycles. The van der Waals surface area contributed by atoms with Crippen molar-refractivity contribution in [1.29, 1.82) is 0 Å². The summed E-state index contributed by atoms with van der Waals surface area (Å²) in [4.78, 5) is 158. The maximum Gasteiger partial charge on any atom is 0.326 e. The van der Waals surface area contributed by atoms with Crippen molar-refractivity contribution in [2.75, 3.05) is 59.3 Å². The Labute approximate surface area is 584 Å². The molecule has 3 aliphatic rings. The minimum absolute atomic E-state index is 0. The Kier molecular flexibility index (Phi) is 39.8. The van der Waals surface area contributed by atoms with Gasteiger partial charge in [-0.25, -0.2) is 14.4 Å². The minimum Gasteiger partial charge on any atom is -0.480 e. The van der Waals surface area contributed by atoms with Crippen molar-refractivity contribution >= 4 is 65.9 Å². The molecule has 33 nitrogen and oxygen atoms in total. The number of nitrogens with one attached hydrogen (secondary N) is 3. The van der Waals surface area contributed by atoms with E-state index in [9.17, 15) is 88.8 Å². The molecule has 0 bridgehead atoms. The molecule has 3 amide bonds. The number of carboxylic acid groups (broad SMARTS) is 3. The lowest BCUT2D eigenvalue weighted by Crippen LogP contribution is -2.53. The second kappa shape index (κ2) is 46.8. The van der Waals surface area contributed by atoms with Crippen molar-refractivity contribution in [1.82, 2.24) is 30.7 Å². The van der Waals surface area contributed by atoms with E-state index in [1.807, 2.05) is 91.0 Å². The van der Waals surface area contributed by atoms with Crippen molar-refractivity contribution in [3.8, 4) is 0 Å². The van der Waals surface area contributed by atoms with Gasteiger partial charge in [0.05, 0.1) is 57.8 Å². The molecule has 6 rings (SSSR count). The fourth-order valence-electron chi connectivity index (χ4n) is 11.3. The summed E-state index contributed by atoms with van der Waals surface area (Å²) >= 11 is 0. The topological polar surface area (TPSA) is 445 Å². The van der Waals surface area contributed by atoms with Crippen LogP contribution in [0.1, 0.15) is 134 Å². The quantitative estimate of drug-likeness (QED) is 0.0140. The standard InChI is InChI=1S/C23H33N3O8.C22H31N3O8.C21H29N3O8.ClH/c1-17(21(27)25-14-8-11-20(25)22(28)29)24-19(13-12-18-9-4-2-5-10-18)23(30)33-15-6-3-7-16-34-26(31)32;1-16(20(26)24-13-7-10-19(24)21(27)28)23-18(12-11-17-8-3-2-4-9-17)22(29)32-14-5-6-15-33-25(30)31;1-15(19(25)23-12-5-9-18(23)20(26)27)22-17(11-10-16-7-3-2-4-8-16)21(28)31-13-6-14-32-24(29)30;/h2,4-5,9-10,17,19-20,24H,3,6-8,11-16H2,1H3,(H,28,29);2-4,8-9,16,18-19,23H,5-7,10-15H2,1H3,(H,27,28);2-4,7-8,15,17-18,22H,5-6,9-14H2,1H3,(H,26,27);1H. The maximum absolute atomic E-state index is 12.9. The lowest BCUT2D eigenvalue weighted by molar-refractivity contribution is -0.757. The molecule has 0 spiro atoms. The van der Waals surface area contributed by atoms with Crippen LogP contribution in [0.2, 0.25) is 0 Å². The van der Waals surface area contributed by atoms with Gasteiger partial charge in [0.2, 0.25) is 17.7 Å². The summed E-state index contributed by atoms with van der Waals surface area (Å²) in [7, 11) is 0. The third-order valence-electron chi connectivity index (χ3n) is 16.4. The number of rotatable bonds is 42. The van der Waals surface area contributed by atoms with Gasteiger partial charge in [0.25, 0.3) is 15.3 Å². The number of hydrogen-bond acceptors (Lipinski definition) is 24. The smallest absolute Gasteiger partial charge is 0.326 e. The highest BCUT2D eigenvalue weighted by Crippen LogP contribution is 2.22. The Morgan fingerprint density at radius 1 is 0.420 bits per heavy atom. The first-order chi connectivity index (χ1) is 47.4. The Balaban J connectivity index is 0.000000388. The zero-order chi connectivity index (χ0) is 72.7. The van der Waals surface area contributed by atoms with Crippen molar-refractivity contribution in [2.24, 2.45) is 0 Å². The van der Waals surface area contributed by atoms with E-state index in [0.717, 1.165) is 16.7 Å². The molecule has 0 saturated carbocycles. The summed E-state index contributed by atoms with van der Waals surface area (Å²) in [5.41, 5.74) is 3.08. The third kappa shape index (κ3) is 31.7. The lowest BCUT2D eigenvalue weighted by Gasteiger charge is -2.28. The fourth-order valence-corrected chi connectivity index (χ4v) is 11.3. The number of ether oxygens (including phenoxy) is 3. The predicted molar refractivity (Wildman–Crippen MR) is 357 cm³/mol. The first-order valence-corrected chi connectivity index (χ1v) is 33.2. The van der Waals surface area contributed by atoms with Gasteiger partial charge < -0.3 is 58.7 Å². The summed E-state index contributed by atoms with van der Waals surface area (Å²) in [6, 6.07) is 21.5. The van der Waals surface area contributed by atoms with E-state index in [-0.39, 0.29) is 76.2 Å². The molecule has 0 aromatic heterocycles. The summed E-state index contributed by atoms with van der Waals surface area (Å²) in [5, 5.41) is 64.9. The van der Waals surface area contributed by atoms with Crippen LogP contribution in [0.4, 0.5) is 0 Å². The zero-order valence-corrected chi connectivity index (χ0v) is 57.3. The molecular weight excluding hydrogens is 1340 g/mol. The SMILES string of the molecule is CC(NC(CCc1ccccc1)C(=O)OCCCCCO[N+](=O)[O-])C(=O)N1CCCC1C(=O)O.CC(NC(CCc1ccccc1)C(=O)OCCCCO[N+](=O)[O-])C(=O)N1CCCC1C(=O)O.CC(NC(CCc1ccccc1)C(=O)OCCCO[N+](=O)[O-])C(=O)N1CCCC1C(=O)O.Cl. The van der Waals surface area contributed by atoms with Crippen molar-refractivity contribution < 1.29 is 102 Å². The van der Waals surface area contributed by atoms with Crippen LogP contribution >= 0.6 is 12.4 Å². The van der Waals surface area contributed by atoms with E-state index in [2.05, 4.69) is 30.5 Å². The first-order valence-electron chi connectivity index (χ1n) is 33.2. The number of carboxylic acids is 3. The highest BCUT2D eigenvalue weighted by molar-refractivity contribution is 5.90. The lowest BCUT2D eigenvalue weighted by atomic mass is 10.0. The number of esters is 3. The maximum atomic E-state index is 12.9. The van der Waals surface area contributed by atoms with Gasteiger partial charge in [-0.05, 0) is 147 Å². The number of halogens is 1. The average molecular weight is 1430 g/mol. The molecule has 0 aliphatic carbocycles. The van der Waals surface area contributed by atoms with Gasteiger partial charge in [0.15, 0.2) is 0 Å². The van der Waals surface area contributed by atoms with Crippen LogP contribution in [0.5, 0.6) is 0 Å². The number of carbonyl (C=O) groups excluding carboxylic acids is 6. The molecule has 3 heterocycles. The highest BCUT2D eigenvalue weighted by Gasteiger charge is 2.40. The summed E-state index contributed by atoms with van der Waals surface area (Å²) in [6.45, 7) is 5.81. The van der Waals surface area contributed by atoms with Crippen LogP contribution in [0.25, 0.3) is 0 Å². The van der Waals surface area contributed by atoms with Crippen molar-refractivity contribution in [2.45, 2.75) is 191 Å². The van der Waals surface area contributed by atoms with Gasteiger partial charge in [0.1, 0.15) is 36.3 Å². The van der Waals surface area contributed by atoms with Crippen LogP contribution in [0.15, 0.2) is 91.0 Å². The van der Waals surface area contributed by atoms with Crippen LogP contribution < -0.4 is 16.0 Å². The molecule has 100 heavy (non-hydrogen) atoms. The van der Waals surface area contributed by atoms with Crippen molar-refractivity contribution in [3.05, 3.63) is 138 Å². The monoisotopic (exact) mass is 1430 g/mol. The predicted octanol–water partition coefficient (Wildman–Crippen LogP) is 5.14. The minimum atomic E-state index is -1.04. The Hall–Kier alpha value is -9.34. The number of amides is 3. The number of carbonyl (C=O) groups is 9. The number of likely N-dealkylation sites (tertiary alicyclic amines) is 3. The van der Waals surface area contributed by atoms with Crippen LogP contribution in [0, 0.1) is 30.3 Å².